The summed E-state index contributed by atoms with van der Waals surface area (Å²) in [5.74, 6) is -0.716. The van der Waals surface area contributed by atoms with Crippen LogP contribution in [0.5, 0.6) is 0 Å². The Morgan fingerprint density at radius 3 is 2.65 bits per heavy atom. The molecule has 100 valence electrons. The molecule has 1 fully saturated rings. The average molecular weight is 243 g/mol. The van der Waals surface area contributed by atoms with Gasteiger partial charge in [-0.05, 0) is 26.7 Å². The third kappa shape index (κ3) is 2.99. The molecule has 0 bridgehead atoms. The number of hydrogen-bond donors (Lipinski definition) is 1. The number of nitrogens with zero attached hydrogens (tertiary/aromatic N) is 1. The van der Waals surface area contributed by atoms with E-state index in [4.69, 9.17) is 4.74 Å². The highest BCUT2D eigenvalue weighted by Crippen LogP contribution is 2.28. The number of ether oxygens (including phenoxy) is 1. The van der Waals surface area contributed by atoms with Crippen molar-refractivity contribution < 1.29 is 14.6 Å². The molecule has 1 rings (SSSR count). The van der Waals surface area contributed by atoms with Gasteiger partial charge in [-0.3, -0.25) is 9.69 Å². The fourth-order valence-corrected chi connectivity index (χ4v) is 2.65. The van der Waals surface area contributed by atoms with Crippen LogP contribution < -0.4 is 0 Å². The predicted molar refractivity (Wildman–Crippen MR) is 67.1 cm³/mol. The predicted octanol–water partition coefficient (Wildman–Crippen LogP) is 2.13. The normalized spacial score (nSPS) is 29.9. The Morgan fingerprint density at radius 1 is 1.53 bits per heavy atom. The van der Waals surface area contributed by atoms with Crippen LogP contribution in [0.1, 0.15) is 47.0 Å². The highest BCUT2D eigenvalue weighted by molar-refractivity contribution is 5.78. The van der Waals surface area contributed by atoms with E-state index in [1.165, 1.54) is 0 Å². The fourth-order valence-electron chi connectivity index (χ4n) is 2.65. The van der Waals surface area contributed by atoms with Gasteiger partial charge in [0.25, 0.3) is 0 Å². The van der Waals surface area contributed by atoms with Crippen molar-refractivity contribution in [2.75, 3.05) is 13.2 Å². The average Bonchev–Trinajstić information content (AvgIpc) is 2.29. The van der Waals surface area contributed by atoms with Crippen LogP contribution >= 0.6 is 0 Å². The number of morpholine rings is 1. The lowest BCUT2D eigenvalue weighted by Crippen LogP contribution is -2.62. The summed E-state index contributed by atoms with van der Waals surface area (Å²) in [6.07, 6.45) is 2.61. The van der Waals surface area contributed by atoms with Crippen LogP contribution in [-0.4, -0.2) is 46.8 Å². The lowest BCUT2D eigenvalue weighted by atomic mass is 9.90. The van der Waals surface area contributed by atoms with Crippen molar-refractivity contribution in [1.82, 2.24) is 4.90 Å². The Hall–Kier alpha value is -0.610. The van der Waals surface area contributed by atoms with Crippen LogP contribution in [0.15, 0.2) is 0 Å². The Labute approximate surface area is 104 Å². The first-order chi connectivity index (χ1) is 7.95. The molecule has 1 aliphatic rings. The Balaban J connectivity index is 2.93. The van der Waals surface area contributed by atoms with Crippen LogP contribution in [-0.2, 0) is 9.53 Å². The van der Waals surface area contributed by atoms with Gasteiger partial charge in [0.15, 0.2) is 0 Å². The first kappa shape index (κ1) is 14.5. The summed E-state index contributed by atoms with van der Waals surface area (Å²) < 4.78 is 5.63. The summed E-state index contributed by atoms with van der Waals surface area (Å²) in [6, 6.07) is 0.221. The van der Waals surface area contributed by atoms with Crippen LogP contribution in [0, 0.1) is 0 Å². The smallest absolute Gasteiger partial charge is 0.323 e. The van der Waals surface area contributed by atoms with Gasteiger partial charge in [0.05, 0.1) is 12.7 Å². The van der Waals surface area contributed by atoms with E-state index in [1.807, 2.05) is 20.8 Å². The zero-order chi connectivity index (χ0) is 13.1. The molecule has 0 aromatic rings. The van der Waals surface area contributed by atoms with Crippen LogP contribution in [0.25, 0.3) is 0 Å². The third-order valence-electron chi connectivity index (χ3n) is 3.77. The highest BCUT2D eigenvalue weighted by Gasteiger charge is 2.44. The van der Waals surface area contributed by atoms with Crippen molar-refractivity contribution in [1.29, 1.82) is 0 Å². The molecule has 0 aromatic heterocycles. The maximum absolute atomic E-state index is 11.6. The molecule has 1 aliphatic heterocycles. The minimum absolute atomic E-state index is 0.119. The molecular formula is C13H25NO3. The van der Waals surface area contributed by atoms with Crippen LogP contribution in [0.4, 0.5) is 0 Å². The Kier molecular flexibility index (Phi) is 4.95. The number of carboxylic acid groups (broad SMARTS) is 1. The number of aliphatic carboxylic acids is 1. The van der Waals surface area contributed by atoms with Crippen molar-refractivity contribution in [2.45, 2.75) is 64.6 Å². The van der Waals surface area contributed by atoms with E-state index in [2.05, 4.69) is 11.8 Å². The molecular weight excluding hydrogens is 218 g/mol. The SMILES string of the molecule is CCCC(C)(C(=O)O)N1CC(C)OCC1CC. The van der Waals surface area contributed by atoms with Crippen molar-refractivity contribution in [3.63, 3.8) is 0 Å². The molecule has 3 atom stereocenters. The van der Waals surface area contributed by atoms with E-state index < -0.39 is 11.5 Å². The first-order valence-corrected chi connectivity index (χ1v) is 6.57. The molecule has 1 heterocycles. The van der Waals surface area contributed by atoms with Crippen molar-refractivity contribution in [3.05, 3.63) is 0 Å². The summed E-state index contributed by atoms with van der Waals surface area (Å²) in [5.41, 5.74) is -0.756. The molecule has 3 unspecified atom stereocenters. The van der Waals surface area contributed by atoms with E-state index >= 15 is 0 Å². The number of rotatable bonds is 5. The van der Waals surface area contributed by atoms with E-state index in [0.29, 0.717) is 19.6 Å². The summed E-state index contributed by atoms with van der Waals surface area (Å²) in [6.45, 7) is 9.33. The van der Waals surface area contributed by atoms with E-state index in [0.717, 1.165) is 12.8 Å². The molecule has 1 saturated heterocycles. The molecule has 0 radical (unpaired) electrons. The summed E-state index contributed by atoms with van der Waals surface area (Å²) in [7, 11) is 0. The molecule has 17 heavy (non-hydrogen) atoms. The minimum atomic E-state index is -0.756. The molecule has 0 amide bonds. The zero-order valence-corrected chi connectivity index (χ0v) is 11.4. The molecule has 0 aliphatic carbocycles. The molecule has 0 aromatic carbocycles. The number of carboxylic acids is 1. The topological polar surface area (TPSA) is 49.8 Å². The van der Waals surface area contributed by atoms with Gasteiger partial charge in [-0.1, -0.05) is 20.3 Å². The second-order valence-electron chi connectivity index (χ2n) is 5.19. The second-order valence-corrected chi connectivity index (χ2v) is 5.19. The van der Waals surface area contributed by atoms with Gasteiger partial charge >= 0.3 is 5.97 Å². The quantitative estimate of drug-likeness (QED) is 0.803. The van der Waals surface area contributed by atoms with Gasteiger partial charge < -0.3 is 9.84 Å². The van der Waals surface area contributed by atoms with E-state index in [-0.39, 0.29) is 12.1 Å². The third-order valence-corrected chi connectivity index (χ3v) is 3.77. The Morgan fingerprint density at radius 2 is 2.18 bits per heavy atom. The molecule has 0 saturated carbocycles. The fraction of sp³-hybridized carbons (Fsp3) is 0.923. The van der Waals surface area contributed by atoms with Gasteiger partial charge in [-0.15, -0.1) is 0 Å². The highest BCUT2D eigenvalue weighted by atomic mass is 16.5. The second kappa shape index (κ2) is 5.83. The van der Waals surface area contributed by atoms with Gasteiger partial charge in [-0.25, -0.2) is 0 Å². The lowest BCUT2D eigenvalue weighted by Gasteiger charge is -2.47. The Bertz CT molecular complexity index is 269. The first-order valence-electron chi connectivity index (χ1n) is 6.57. The summed E-state index contributed by atoms with van der Waals surface area (Å²) in [5, 5.41) is 9.53. The summed E-state index contributed by atoms with van der Waals surface area (Å²) >= 11 is 0. The molecule has 4 nitrogen and oxygen atoms in total. The largest absolute Gasteiger partial charge is 0.480 e. The van der Waals surface area contributed by atoms with Crippen LogP contribution in [0.3, 0.4) is 0 Å². The van der Waals surface area contributed by atoms with E-state index in [9.17, 15) is 9.90 Å². The van der Waals surface area contributed by atoms with Crippen molar-refractivity contribution in [3.8, 4) is 0 Å². The minimum Gasteiger partial charge on any atom is -0.480 e. The maximum atomic E-state index is 11.6. The van der Waals surface area contributed by atoms with Crippen molar-refractivity contribution in [2.24, 2.45) is 0 Å². The summed E-state index contributed by atoms with van der Waals surface area (Å²) in [4.78, 5) is 13.7. The molecule has 4 heteroatoms. The van der Waals surface area contributed by atoms with Gasteiger partial charge in [0.1, 0.15) is 5.54 Å². The van der Waals surface area contributed by atoms with E-state index in [1.54, 1.807) is 0 Å². The van der Waals surface area contributed by atoms with Crippen LogP contribution in [0.2, 0.25) is 0 Å². The maximum Gasteiger partial charge on any atom is 0.323 e. The molecule has 1 N–H and O–H groups in total. The lowest BCUT2D eigenvalue weighted by molar-refractivity contribution is -0.162. The molecule has 0 spiro atoms. The monoisotopic (exact) mass is 243 g/mol. The van der Waals surface area contributed by atoms with Gasteiger partial charge in [0, 0.05) is 12.6 Å². The van der Waals surface area contributed by atoms with Gasteiger partial charge in [0.2, 0.25) is 0 Å². The van der Waals surface area contributed by atoms with Crippen molar-refractivity contribution >= 4 is 5.97 Å². The standard InChI is InChI=1S/C13H25NO3/c1-5-7-13(4,12(15)16)14-8-10(3)17-9-11(14)6-2/h10-11H,5-9H2,1-4H3,(H,15,16). The number of hydrogen-bond acceptors (Lipinski definition) is 3. The zero-order valence-electron chi connectivity index (χ0n) is 11.4. The number of carbonyl (C=O) groups is 1. The van der Waals surface area contributed by atoms with Gasteiger partial charge in [-0.2, -0.15) is 0 Å².